The minimum atomic E-state index is -7.94. The van der Waals surface area contributed by atoms with Crippen LogP contribution in [0.15, 0.2) is 24.3 Å². The standard InChI is InChI=1S/C19H14F14O2/c20-11-5-7-12(8-6-11)35-13(34)9-1-3-10(4-2-9)14(21,22)15(23,24)16(25,26)17(27,28)18(29,30)19(31,32)33/h5-10H,1-4H2. The first-order valence-corrected chi connectivity index (χ1v) is 9.54. The Morgan fingerprint density at radius 3 is 1.51 bits per heavy atom. The zero-order valence-electron chi connectivity index (χ0n) is 16.9. The van der Waals surface area contributed by atoms with Crippen LogP contribution in [0.1, 0.15) is 25.7 Å². The summed E-state index contributed by atoms with van der Waals surface area (Å²) in [6.07, 6.45) is -11.3. The number of alkyl halides is 13. The van der Waals surface area contributed by atoms with Crippen molar-refractivity contribution in [2.24, 2.45) is 11.8 Å². The van der Waals surface area contributed by atoms with Crippen LogP contribution in [-0.2, 0) is 4.79 Å². The van der Waals surface area contributed by atoms with Crippen molar-refractivity contribution in [3.63, 3.8) is 0 Å². The highest BCUT2D eigenvalue weighted by molar-refractivity contribution is 5.75. The van der Waals surface area contributed by atoms with Crippen LogP contribution in [0.2, 0.25) is 0 Å². The predicted molar refractivity (Wildman–Crippen MR) is 88.3 cm³/mol. The molecule has 200 valence electrons. The van der Waals surface area contributed by atoms with E-state index < -0.39 is 85.1 Å². The van der Waals surface area contributed by atoms with Crippen molar-refractivity contribution in [1.82, 2.24) is 0 Å². The maximum absolute atomic E-state index is 14.3. The summed E-state index contributed by atoms with van der Waals surface area (Å²) in [6, 6.07) is 3.79. The van der Waals surface area contributed by atoms with Gasteiger partial charge in [0.15, 0.2) is 0 Å². The average molecular weight is 540 g/mol. The molecule has 0 N–H and O–H groups in total. The van der Waals surface area contributed by atoms with E-state index in [0.717, 1.165) is 24.3 Å². The second-order valence-corrected chi connectivity index (χ2v) is 7.84. The molecule has 16 heteroatoms. The Morgan fingerprint density at radius 1 is 0.657 bits per heavy atom. The molecule has 1 fully saturated rings. The van der Waals surface area contributed by atoms with Gasteiger partial charge in [-0.15, -0.1) is 0 Å². The van der Waals surface area contributed by atoms with Gasteiger partial charge in [0, 0.05) is 5.92 Å². The molecule has 0 amide bonds. The SMILES string of the molecule is O=C(Oc1ccc(F)cc1)C1CCC(C(F)(F)C(F)(F)C(F)(F)C(F)(F)C(F)(F)C(F)(F)F)CC1. The Balaban J connectivity index is 2.19. The van der Waals surface area contributed by atoms with Crippen molar-refractivity contribution in [2.45, 2.75) is 61.5 Å². The van der Waals surface area contributed by atoms with Gasteiger partial charge >= 0.3 is 41.8 Å². The Kier molecular flexibility index (Phi) is 7.43. The van der Waals surface area contributed by atoms with Crippen LogP contribution < -0.4 is 4.74 Å². The molecular formula is C19H14F14O2. The van der Waals surface area contributed by atoms with Gasteiger partial charge in [0.2, 0.25) is 0 Å². The Hall–Kier alpha value is -2.29. The van der Waals surface area contributed by atoms with Gasteiger partial charge in [-0.05, 0) is 49.9 Å². The summed E-state index contributed by atoms with van der Waals surface area (Å²) < 4.78 is 190. The fraction of sp³-hybridized carbons (Fsp3) is 0.632. The summed E-state index contributed by atoms with van der Waals surface area (Å²) in [4.78, 5) is 12.0. The zero-order chi connectivity index (χ0) is 27.3. The molecule has 1 aliphatic carbocycles. The van der Waals surface area contributed by atoms with E-state index in [2.05, 4.69) is 0 Å². The molecule has 1 aromatic carbocycles. The minimum absolute atomic E-state index is 0.192. The van der Waals surface area contributed by atoms with Crippen LogP contribution in [-0.4, -0.2) is 41.8 Å². The topological polar surface area (TPSA) is 26.3 Å². The van der Waals surface area contributed by atoms with Crippen molar-refractivity contribution in [3.05, 3.63) is 30.1 Å². The lowest BCUT2D eigenvalue weighted by atomic mass is 9.75. The van der Waals surface area contributed by atoms with Crippen molar-refractivity contribution < 1.29 is 71.0 Å². The van der Waals surface area contributed by atoms with Gasteiger partial charge in [-0.3, -0.25) is 4.79 Å². The highest BCUT2D eigenvalue weighted by atomic mass is 19.4. The average Bonchev–Trinajstić information content (AvgIpc) is 2.74. The van der Waals surface area contributed by atoms with Crippen LogP contribution in [0, 0.1) is 17.7 Å². The number of carbonyl (C=O) groups is 1. The molecule has 0 unspecified atom stereocenters. The van der Waals surface area contributed by atoms with Crippen molar-refractivity contribution in [2.75, 3.05) is 0 Å². The molecule has 0 radical (unpaired) electrons. The van der Waals surface area contributed by atoms with Gasteiger partial charge in [0.1, 0.15) is 11.6 Å². The molecule has 0 spiro atoms. The number of hydrogen-bond acceptors (Lipinski definition) is 2. The minimum Gasteiger partial charge on any atom is -0.426 e. The molecule has 0 atom stereocenters. The summed E-state index contributed by atoms with van der Waals surface area (Å²) in [6.45, 7) is 0. The molecule has 0 aliphatic heterocycles. The summed E-state index contributed by atoms with van der Waals surface area (Å²) in [7, 11) is 0. The maximum atomic E-state index is 14.3. The van der Waals surface area contributed by atoms with E-state index in [0.29, 0.717) is 0 Å². The molecule has 0 bridgehead atoms. The molecule has 0 heterocycles. The van der Waals surface area contributed by atoms with E-state index in [1.54, 1.807) is 0 Å². The first-order chi connectivity index (χ1) is 15.6. The van der Waals surface area contributed by atoms with Gasteiger partial charge < -0.3 is 4.74 Å². The monoisotopic (exact) mass is 540 g/mol. The number of benzene rings is 1. The molecular weight excluding hydrogens is 526 g/mol. The summed E-state index contributed by atoms with van der Waals surface area (Å²) in [5.74, 6) is -43.2. The van der Waals surface area contributed by atoms with E-state index in [1.807, 2.05) is 0 Å². The van der Waals surface area contributed by atoms with Crippen LogP contribution >= 0.6 is 0 Å². The highest BCUT2D eigenvalue weighted by Gasteiger charge is 2.91. The predicted octanol–water partition coefficient (Wildman–Crippen LogP) is 7.28. The van der Waals surface area contributed by atoms with Gasteiger partial charge in [-0.25, -0.2) is 4.39 Å². The van der Waals surface area contributed by atoms with Crippen molar-refractivity contribution in [3.8, 4) is 5.75 Å². The van der Waals surface area contributed by atoms with Crippen LogP contribution in [0.25, 0.3) is 0 Å². The van der Waals surface area contributed by atoms with Gasteiger partial charge in [-0.1, -0.05) is 0 Å². The van der Waals surface area contributed by atoms with E-state index >= 15 is 0 Å². The number of halogens is 14. The van der Waals surface area contributed by atoms with Crippen LogP contribution in [0.4, 0.5) is 61.5 Å². The van der Waals surface area contributed by atoms with E-state index in [1.165, 1.54) is 0 Å². The van der Waals surface area contributed by atoms with Crippen molar-refractivity contribution in [1.29, 1.82) is 0 Å². The van der Waals surface area contributed by atoms with E-state index in [4.69, 9.17) is 4.74 Å². The van der Waals surface area contributed by atoms with Gasteiger partial charge in [0.25, 0.3) is 0 Å². The lowest BCUT2D eigenvalue weighted by Crippen LogP contribution is -2.71. The lowest BCUT2D eigenvalue weighted by Gasteiger charge is -2.43. The summed E-state index contributed by atoms with van der Waals surface area (Å²) in [5.41, 5.74) is 0. The Bertz CT molecular complexity index is 899. The second kappa shape index (κ2) is 8.98. The largest absolute Gasteiger partial charge is 0.460 e. The number of ether oxygens (including phenoxy) is 1. The second-order valence-electron chi connectivity index (χ2n) is 7.84. The molecule has 1 aromatic rings. The molecule has 1 saturated carbocycles. The van der Waals surface area contributed by atoms with Crippen LogP contribution in [0.3, 0.4) is 0 Å². The van der Waals surface area contributed by atoms with Gasteiger partial charge in [-0.2, -0.15) is 57.1 Å². The third kappa shape index (κ3) is 4.76. The molecule has 0 saturated heterocycles. The van der Waals surface area contributed by atoms with Gasteiger partial charge in [0.05, 0.1) is 5.92 Å². The maximum Gasteiger partial charge on any atom is 0.460 e. The number of carbonyl (C=O) groups excluding carboxylic acids is 1. The van der Waals surface area contributed by atoms with E-state index in [-0.39, 0.29) is 5.75 Å². The molecule has 0 aromatic heterocycles. The lowest BCUT2D eigenvalue weighted by molar-refractivity contribution is -0.443. The highest BCUT2D eigenvalue weighted by Crippen LogP contribution is 2.62. The normalized spacial score (nSPS) is 21.1. The quantitative estimate of drug-likeness (QED) is 0.207. The Morgan fingerprint density at radius 2 is 1.09 bits per heavy atom. The number of rotatable bonds is 7. The third-order valence-electron chi connectivity index (χ3n) is 5.56. The third-order valence-corrected chi connectivity index (χ3v) is 5.56. The summed E-state index contributed by atoms with van der Waals surface area (Å²) in [5, 5.41) is 0. The molecule has 1 aliphatic rings. The smallest absolute Gasteiger partial charge is 0.426 e. The fourth-order valence-corrected chi connectivity index (χ4v) is 3.43. The summed E-state index contributed by atoms with van der Waals surface area (Å²) >= 11 is 0. The van der Waals surface area contributed by atoms with Crippen molar-refractivity contribution >= 4 is 5.97 Å². The molecule has 2 nitrogen and oxygen atoms in total. The number of esters is 1. The first-order valence-electron chi connectivity index (χ1n) is 9.54. The number of hydrogen-bond donors (Lipinski definition) is 0. The molecule has 2 rings (SSSR count). The Labute approximate surface area is 187 Å². The first kappa shape index (κ1) is 28.9. The fourth-order valence-electron chi connectivity index (χ4n) is 3.43. The molecule has 35 heavy (non-hydrogen) atoms. The zero-order valence-corrected chi connectivity index (χ0v) is 16.9. The van der Waals surface area contributed by atoms with E-state index in [9.17, 15) is 66.3 Å². The van der Waals surface area contributed by atoms with Crippen LogP contribution in [0.5, 0.6) is 5.75 Å².